The highest BCUT2D eigenvalue weighted by molar-refractivity contribution is 9.10. The summed E-state index contributed by atoms with van der Waals surface area (Å²) in [5.74, 6) is 0.255. The van der Waals surface area contributed by atoms with Gasteiger partial charge in [0, 0.05) is 36.2 Å². The van der Waals surface area contributed by atoms with Crippen LogP contribution in [-0.2, 0) is 13.2 Å². The highest BCUT2D eigenvalue weighted by atomic mass is 79.9. The van der Waals surface area contributed by atoms with Gasteiger partial charge >= 0.3 is 0 Å². The molecule has 0 saturated carbocycles. The third-order valence-corrected chi connectivity index (χ3v) is 5.31. The number of carbonyl (C=O) groups is 2. The van der Waals surface area contributed by atoms with Gasteiger partial charge in [-0.25, -0.2) is 0 Å². The monoisotopic (exact) mass is 466 g/mol. The fourth-order valence-electron chi connectivity index (χ4n) is 2.85. The lowest BCUT2D eigenvalue weighted by Gasteiger charge is -2.13. The molecule has 0 bridgehead atoms. The molecule has 0 saturated heterocycles. The summed E-state index contributed by atoms with van der Waals surface area (Å²) in [5.41, 5.74) is 3.00. The van der Waals surface area contributed by atoms with Crippen LogP contribution in [0.15, 0.2) is 77.3 Å². The lowest BCUT2D eigenvalue weighted by atomic mass is 10.1. The molecule has 0 spiro atoms. The third-order valence-electron chi connectivity index (χ3n) is 4.53. The van der Waals surface area contributed by atoms with Crippen molar-refractivity contribution in [2.75, 3.05) is 14.1 Å². The van der Waals surface area contributed by atoms with E-state index in [-0.39, 0.29) is 11.8 Å². The molecule has 154 valence electrons. The van der Waals surface area contributed by atoms with Crippen LogP contribution in [0.25, 0.3) is 0 Å². The molecule has 3 rings (SSSR count). The van der Waals surface area contributed by atoms with Crippen molar-refractivity contribution in [3.8, 4) is 5.75 Å². The van der Waals surface area contributed by atoms with Crippen LogP contribution in [0, 0.1) is 0 Å². The Hall–Kier alpha value is -3.12. The summed E-state index contributed by atoms with van der Waals surface area (Å²) in [7, 11) is 3.43. The molecule has 3 aromatic rings. The van der Waals surface area contributed by atoms with Crippen LogP contribution in [0.3, 0.4) is 0 Å². The molecular formula is C24H23BrN2O3. The normalized spacial score (nSPS) is 10.4. The quantitative estimate of drug-likeness (QED) is 0.550. The van der Waals surface area contributed by atoms with E-state index >= 15 is 0 Å². The molecule has 3 aromatic carbocycles. The maximum atomic E-state index is 12.7. The second-order valence-electron chi connectivity index (χ2n) is 6.96. The van der Waals surface area contributed by atoms with E-state index in [4.69, 9.17) is 4.74 Å². The van der Waals surface area contributed by atoms with Gasteiger partial charge in [-0.1, -0.05) is 58.4 Å². The molecule has 0 aliphatic carbocycles. The molecule has 0 heterocycles. The van der Waals surface area contributed by atoms with E-state index in [1.165, 1.54) is 4.90 Å². The van der Waals surface area contributed by atoms with Crippen LogP contribution >= 0.6 is 15.9 Å². The minimum absolute atomic E-state index is 0.0540. The number of ether oxygens (including phenoxy) is 1. The van der Waals surface area contributed by atoms with Gasteiger partial charge in [-0.3, -0.25) is 9.59 Å². The van der Waals surface area contributed by atoms with E-state index in [0.717, 1.165) is 15.6 Å². The van der Waals surface area contributed by atoms with Gasteiger partial charge in [0.2, 0.25) is 0 Å². The van der Waals surface area contributed by atoms with Crippen LogP contribution in [0.1, 0.15) is 31.8 Å². The highest BCUT2D eigenvalue weighted by Crippen LogP contribution is 2.22. The maximum Gasteiger partial charge on any atom is 0.255 e. The Bertz CT molecular complexity index is 1030. The maximum absolute atomic E-state index is 12.7. The van der Waals surface area contributed by atoms with Crippen LogP contribution in [0.4, 0.5) is 0 Å². The number of carbonyl (C=O) groups excluding carboxylic acids is 2. The Morgan fingerprint density at radius 3 is 2.30 bits per heavy atom. The van der Waals surface area contributed by atoms with Crippen molar-refractivity contribution in [3.63, 3.8) is 0 Å². The zero-order chi connectivity index (χ0) is 21.5. The van der Waals surface area contributed by atoms with Crippen molar-refractivity contribution in [1.82, 2.24) is 10.2 Å². The Labute approximate surface area is 184 Å². The SMILES string of the molecule is CN(C)C(=O)c1ccc(CNC(=O)c2ccccc2OCc2ccccc2Br)cc1. The van der Waals surface area contributed by atoms with Gasteiger partial charge in [-0.05, 0) is 35.9 Å². The number of hydrogen-bond acceptors (Lipinski definition) is 3. The van der Waals surface area contributed by atoms with Gasteiger partial charge in [0.05, 0.1) is 5.56 Å². The summed E-state index contributed by atoms with van der Waals surface area (Å²) in [5, 5.41) is 2.91. The van der Waals surface area contributed by atoms with E-state index in [9.17, 15) is 9.59 Å². The number of para-hydroxylation sites is 1. The number of halogens is 1. The summed E-state index contributed by atoms with van der Waals surface area (Å²) < 4.78 is 6.87. The summed E-state index contributed by atoms with van der Waals surface area (Å²) in [6, 6.07) is 22.2. The molecule has 0 radical (unpaired) electrons. The molecule has 0 aromatic heterocycles. The van der Waals surface area contributed by atoms with Crippen LogP contribution in [0.2, 0.25) is 0 Å². The molecule has 0 unspecified atom stereocenters. The first-order valence-corrected chi connectivity index (χ1v) is 10.3. The molecule has 2 amide bonds. The summed E-state index contributed by atoms with van der Waals surface area (Å²) in [6.45, 7) is 0.709. The van der Waals surface area contributed by atoms with Gasteiger partial charge in [0.15, 0.2) is 0 Å². The average molecular weight is 467 g/mol. The van der Waals surface area contributed by atoms with E-state index in [2.05, 4.69) is 21.2 Å². The number of amides is 2. The molecule has 0 fully saturated rings. The molecule has 1 N–H and O–H groups in total. The highest BCUT2D eigenvalue weighted by Gasteiger charge is 2.13. The smallest absolute Gasteiger partial charge is 0.255 e. The first-order chi connectivity index (χ1) is 14.5. The van der Waals surface area contributed by atoms with Gasteiger partial charge in [0.25, 0.3) is 11.8 Å². The van der Waals surface area contributed by atoms with Crippen molar-refractivity contribution in [3.05, 3.63) is 99.5 Å². The Morgan fingerprint density at radius 2 is 1.60 bits per heavy atom. The summed E-state index contributed by atoms with van der Waals surface area (Å²) >= 11 is 3.51. The topological polar surface area (TPSA) is 58.6 Å². The molecule has 6 heteroatoms. The number of hydrogen-bond donors (Lipinski definition) is 1. The van der Waals surface area contributed by atoms with Crippen molar-refractivity contribution in [2.24, 2.45) is 0 Å². The van der Waals surface area contributed by atoms with Crippen molar-refractivity contribution in [1.29, 1.82) is 0 Å². The predicted octanol–water partition coefficient (Wildman–Crippen LogP) is 4.66. The van der Waals surface area contributed by atoms with Gasteiger partial charge < -0.3 is 15.0 Å². The fraction of sp³-hybridized carbons (Fsp3) is 0.167. The number of rotatable bonds is 7. The van der Waals surface area contributed by atoms with E-state index in [0.29, 0.717) is 30.0 Å². The van der Waals surface area contributed by atoms with Crippen molar-refractivity contribution < 1.29 is 14.3 Å². The molecule has 30 heavy (non-hydrogen) atoms. The summed E-state index contributed by atoms with van der Waals surface area (Å²) in [4.78, 5) is 26.2. The van der Waals surface area contributed by atoms with Crippen LogP contribution in [-0.4, -0.2) is 30.8 Å². The second kappa shape index (κ2) is 10.1. The van der Waals surface area contributed by atoms with E-state index < -0.39 is 0 Å². The van der Waals surface area contributed by atoms with Crippen LogP contribution in [0.5, 0.6) is 5.75 Å². The zero-order valence-corrected chi connectivity index (χ0v) is 18.5. The molecule has 0 aliphatic rings. The predicted molar refractivity (Wildman–Crippen MR) is 121 cm³/mol. The largest absolute Gasteiger partial charge is 0.488 e. The Kier molecular flexibility index (Phi) is 7.25. The van der Waals surface area contributed by atoms with Gasteiger partial charge in [-0.15, -0.1) is 0 Å². The standard InChI is InChI=1S/C24H23BrN2O3/c1-27(2)24(29)18-13-11-17(12-14-18)15-26-23(28)20-8-4-6-10-22(20)30-16-19-7-3-5-9-21(19)25/h3-14H,15-16H2,1-2H3,(H,26,28). The van der Waals surface area contributed by atoms with Crippen LogP contribution < -0.4 is 10.1 Å². The lowest BCUT2D eigenvalue weighted by molar-refractivity contribution is 0.0827. The van der Waals surface area contributed by atoms with Crippen molar-refractivity contribution >= 4 is 27.7 Å². The molecular weight excluding hydrogens is 444 g/mol. The lowest BCUT2D eigenvalue weighted by Crippen LogP contribution is -2.24. The Balaban J connectivity index is 1.63. The minimum Gasteiger partial charge on any atom is -0.488 e. The third kappa shape index (κ3) is 5.48. The fourth-order valence-corrected chi connectivity index (χ4v) is 3.25. The zero-order valence-electron chi connectivity index (χ0n) is 16.9. The molecule has 0 atom stereocenters. The van der Waals surface area contributed by atoms with Crippen molar-refractivity contribution in [2.45, 2.75) is 13.2 Å². The first-order valence-electron chi connectivity index (χ1n) is 9.49. The number of benzene rings is 3. The minimum atomic E-state index is -0.217. The van der Waals surface area contributed by atoms with Gasteiger partial charge in [0.1, 0.15) is 12.4 Å². The van der Waals surface area contributed by atoms with E-state index in [1.807, 2.05) is 48.5 Å². The first kappa shape index (κ1) is 21.6. The average Bonchev–Trinajstić information content (AvgIpc) is 2.77. The number of nitrogens with one attached hydrogen (secondary N) is 1. The van der Waals surface area contributed by atoms with E-state index in [1.54, 1.807) is 38.4 Å². The van der Waals surface area contributed by atoms with Gasteiger partial charge in [-0.2, -0.15) is 0 Å². The number of nitrogens with zero attached hydrogens (tertiary/aromatic N) is 1. The second-order valence-corrected chi connectivity index (χ2v) is 7.81. The Morgan fingerprint density at radius 1 is 0.933 bits per heavy atom. The summed E-state index contributed by atoms with van der Waals surface area (Å²) in [6.07, 6.45) is 0. The molecule has 5 nitrogen and oxygen atoms in total. The molecule has 0 aliphatic heterocycles.